The number of guanidine groups is 1. The van der Waals surface area contributed by atoms with Crippen LogP contribution < -0.4 is 10.6 Å². The number of aliphatic imine (C=N–C) groups is 1. The number of hydrogen-bond acceptors (Lipinski definition) is 5. The number of nitrogens with one attached hydrogen (secondary N) is 2. The quantitative estimate of drug-likeness (QED) is 0.182. The summed E-state index contributed by atoms with van der Waals surface area (Å²) in [5, 5.41) is 6.29. The highest BCUT2D eigenvalue weighted by atomic mass is 127. The van der Waals surface area contributed by atoms with Gasteiger partial charge in [0.1, 0.15) is 0 Å². The fourth-order valence-electron chi connectivity index (χ4n) is 2.10. The SMILES string of the molecule is CN=C(NCCCOCC1CCOC1)NCC(C)C(=O)OC.I. The molecule has 1 rings (SSSR count). The van der Waals surface area contributed by atoms with E-state index in [1.165, 1.54) is 7.11 Å². The summed E-state index contributed by atoms with van der Waals surface area (Å²) in [6.45, 7) is 6.27. The van der Waals surface area contributed by atoms with Crippen LogP contribution in [0.1, 0.15) is 19.8 Å². The molecule has 1 fully saturated rings. The molecule has 7 nitrogen and oxygen atoms in total. The van der Waals surface area contributed by atoms with Crippen molar-refractivity contribution < 1.29 is 19.0 Å². The molecule has 8 heteroatoms. The monoisotopic (exact) mass is 443 g/mol. The van der Waals surface area contributed by atoms with Gasteiger partial charge in [0, 0.05) is 39.3 Å². The predicted octanol–water partition coefficient (Wildman–Crippen LogP) is 1.02. The molecule has 0 aromatic rings. The van der Waals surface area contributed by atoms with Crippen molar-refractivity contribution in [1.82, 2.24) is 10.6 Å². The third-order valence-electron chi connectivity index (χ3n) is 3.54. The summed E-state index contributed by atoms with van der Waals surface area (Å²) >= 11 is 0. The summed E-state index contributed by atoms with van der Waals surface area (Å²) in [5.41, 5.74) is 0. The molecular formula is C15H30IN3O4. The van der Waals surface area contributed by atoms with Crippen molar-refractivity contribution in [3.63, 3.8) is 0 Å². The number of methoxy groups -OCH3 is 1. The first kappa shape index (κ1) is 22.4. The minimum atomic E-state index is -0.229. The Labute approximate surface area is 155 Å². The van der Waals surface area contributed by atoms with Crippen molar-refractivity contribution in [1.29, 1.82) is 0 Å². The van der Waals surface area contributed by atoms with Crippen LogP contribution in [0, 0.1) is 11.8 Å². The minimum absolute atomic E-state index is 0. The highest BCUT2D eigenvalue weighted by Crippen LogP contribution is 2.12. The van der Waals surface area contributed by atoms with Crippen LogP contribution >= 0.6 is 24.0 Å². The van der Waals surface area contributed by atoms with Gasteiger partial charge in [-0.1, -0.05) is 6.92 Å². The Hall–Kier alpha value is -0.610. The molecule has 2 N–H and O–H groups in total. The first-order valence-corrected chi connectivity index (χ1v) is 7.85. The van der Waals surface area contributed by atoms with Crippen LogP contribution in [0.3, 0.4) is 0 Å². The maximum atomic E-state index is 11.3. The van der Waals surface area contributed by atoms with E-state index < -0.39 is 0 Å². The van der Waals surface area contributed by atoms with Crippen LogP contribution in [-0.4, -0.2) is 65.6 Å². The van der Waals surface area contributed by atoms with Crippen molar-refractivity contribution in [2.75, 3.05) is 53.7 Å². The van der Waals surface area contributed by atoms with E-state index in [2.05, 4.69) is 20.4 Å². The molecule has 23 heavy (non-hydrogen) atoms. The average Bonchev–Trinajstić information content (AvgIpc) is 3.05. The molecule has 2 unspecified atom stereocenters. The van der Waals surface area contributed by atoms with E-state index in [4.69, 9.17) is 9.47 Å². The zero-order valence-electron chi connectivity index (χ0n) is 14.3. The summed E-state index contributed by atoms with van der Waals surface area (Å²) in [5.74, 6) is 0.801. The van der Waals surface area contributed by atoms with Gasteiger partial charge in [0.05, 0.1) is 26.2 Å². The second-order valence-electron chi connectivity index (χ2n) is 5.46. The third kappa shape index (κ3) is 9.98. The molecule has 0 aromatic heterocycles. The molecule has 1 aliphatic rings. The number of carbonyl (C=O) groups is 1. The summed E-state index contributed by atoms with van der Waals surface area (Å²) in [6.07, 6.45) is 2.01. The van der Waals surface area contributed by atoms with Crippen molar-refractivity contribution in [3.8, 4) is 0 Å². The topological polar surface area (TPSA) is 81.2 Å². The Kier molecular flexibility index (Phi) is 13.4. The minimum Gasteiger partial charge on any atom is -0.469 e. The fraction of sp³-hybridized carbons (Fsp3) is 0.867. The predicted molar refractivity (Wildman–Crippen MR) is 100 cm³/mol. The second kappa shape index (κ2) is 13.8. The third-order valence-corrected chi connectivity index (χ3v) is 3.54. The van der Waals surface area contributed by atoms with E-state index in [9.17, 15) is 4.79 Å². The van der Waals surface area contributed by atoms with Gasteiger partial charge in [-0.2, -0.15) is 0 Å². The smallest absolute Gasteiger partial charge is 0.310 e. The number of halogens is 1. The number of carbonyl (C=O) groups excluding carboxylic acids is 1. The average molecular weight is 443 g/mol. The molecule has 0 amide bonds. The van der Waals surface area contributed by atoms with Crippen molar-refractivity contribution in [3.05, 3.63) is 0 Å². The van der Waals surface area contributed by atoms with Gasteiger partial charge in [-0.15, -0.1) is 24.0 Å². The lowest BCUT2D eigenvalue weighted by Crippen LogP contribution is -2.41. The van der Waals surface area contributed by atoms with Crippen LogP contribution in [-0.2, 0) is 19.0 Å². The van der Waals surface area contributed by atoms with Crippen LogP contribution in [0.2, 0.25) is 0 Å². The molecule has 1 aliphatic heterocycles. The Morgan fingerprint density at radius 2 is 2.22 bits per heavy atom. The lowest BCUT2D eigenvalue weighted by molar-refractivity contribution is -0.144. The second-order valence-corrected chi connectivity index (χ2v) is 5.46. The molecule has 0 radical (unpaired) electrons. The maximum absolute atomic E-state index is 11.3. The first-order chi connectivity index (χ1) is 10.7. The number of nitrogens with zero attached hydrogens (tertiary/aromatic N) is 1. The van der Waals surface area contributed by atoms with E-state index >= 15 is 0 Å². The summed E-state index contributed by atoms with van der Waals surface area (Å²) in [7, 11) is 3.10. The van der Waals surface area contributed by atoms with Gasteiger partial charge in [-0.25, -0.2) is 0 Å². The van der Waals surface area contributed by atoms with Crippen LogP contribution in [0.25, 0.3) is 0 Å². The van der Waals surface area contributed by atoms with Crippen LogP contribution in [0.15, 0.2) is 4.99 Å². The van der Waals surface area contributed by atoms with E-state index in [0.29, 0.717) is 18.4 Å². The lowest BCUT2D eigenvalue weighted by Gasteiger charge is -2.15. The molecule has 1 heterocycles. The molecule has 0 saturated carbocycles. The highest BCUT2D eigenvalue weighted by Gasteiger charge is 2.15. The number of esters is 1. The normalized spacial score (nSPS) is 18.9. The van der Waals surface area contributed by atoms with Gasteiger partial charge in [-0.3, -0.25) is 9.79 Å². The zero-order chi connectivity index (χ0) is 16.2. The van der Waals surface area contributed by atoms with E-state index in [1.807, 2.05) is 6.92 Å². The summed E-state index contributed by atoms with van der Waals surface area (Å²) in [6, 6.07) is 0. The molecule has 136 valence electrons. The maximum Gasteiger partial charge on any atom is 0.310 e. The van der Waals surface area contributed by atoms with Gasteiger partial charge >= 0.3 is 5.97 Å². The van der Waals surface area contributed by atoms with Crippen molar-refractivity contribution in [2.24, 2.45) is 16.8 Å². The van der Waals surface area contributed by atoms with E-state index in [1.54, 1.807) is 7.05 Å². The number of rotatable bonds is 9. The van der Waals surface area contributed by atoms with Gasteiger partial charge in [0.2, 0.25) is 0 Å². The van der Waals surface area contributed by atoms with Crippen LogP contribution in [0.5, 0.6) is 0 Å². The van der Waals surface area contributed by atoms with Gasteiger partial charge in [-0.05, 0) is 12.8 Å². The summed E-state index contributed by atoms with van der Waals surface area (Å²) in [4.78, 5) is 15.4. The zero-order valence-corrected chi connectivity index (χ0v) is 16.6. The molecule has 2 atom stereocenters. The largest absolute Gasteiger partial charge is 0.469 e. The fourth-order valence-corrected chi connectivity index (χ4v) is 2.10. The van der Waals surface area contributed by atoms with Gasteiger partial charge in [0.15, 0.2) is 5.96 Å². The lowest BCUT2D eigenvalue weighted by atomic mass is 10.1. The molecular weight excluding hydrogens is 413 g/mol. The molecule has 0 spiro atoms. The Morgan fingerprint density at radius 1 is 1.43 bits per heavy atom. The molecule has 0 aliphatic carbocycles. The molecule has 1 saturated heterocycles. The van der Waals surface area contributed by atoms with Gasteiger partial charge in [0.25, 0.3) is 0 Å². The van der Waals surface area contributed by atoms with Gasteiger partial charge < -0.3 is 24.8 Å². The Balaban J connectivity index is 0.00000484. The Bertz CT molecular complexity index is 350. The van der Waals surface area contributed by atoms with Crippen LogP contribution in [0.4, 0.5) is 0 Å². The number of ether oxygens (including phenoxy) is 3. The summed E-state index contributed by atoms with van der Waals surface area (Å²) < 4.78 is 15.6. The highest BCUT2D eigenvalue weighted by molar-refractivity contribution is 14.0. The van der Waals surface area contributed by atoms with E-state index in [-0.39, 0.29) is 35.9 Å². The molecule has 0 bridgehead atoms. The van der Waals surface area contributed by atoms with Crippen molar-refractivity contribution in [2.45, 2.75) is 19.8 Å². The standard InChI is InChI=1S/C15H29N3O4.HI/c1-12(14(19)20-3)9-18-15(16-2)17-6-4-7-21-10-13-5-8-22-11-13;/h12-13H,4-11H2,1-3H3,(H2,16,17,18);1H. The van der Waals surface area contributed by atoms with E-state index in [0.717, 1.165) is 45.8 Å². The molecule has 0 aromatic carbocycles. The Morgan fingerprint density at radius 3 is 2.83 bits per heavy atom. The van der Waals surface area contributed by atoms with Crippen molar-refractivity contribution >= 4 is 35.9 Å². The first-order valence-electron chi connectivity index (χ1n) is 7.85. The number of hydrogen-bond donors (Lipinski definition) is 2.